The molecule has 1 amide bonds. The third-order valence-corrected chi connectivity index (χ3v) is 4.70. The topological polar surface area (TPSA) is 67.6 Å². The van der Waals surface area contributed by atoms with Crippen LogP contribution in [0.1, 0.15) is 11.1 Å². The first-order valence-corrected chi connectivity index (χ1v) is 6.50. The molecule has 6 heteroatoms. The molecule has 1 spiro atoms. The number of nitrogen functional groups attached to an aromatic ring is 1. The standard InChI is InChI=1S/C13H16ClN3O2/c1-17-12(19-2)16-11(18)13(17)5-7-3-4-9(15)10(14)8(7)6-13/h3-4,12H,5-6,15H2,1-2H3,(H,16,18)/t12?,13-/m1/s1. The molecule has 19 heavy (non-hydrogen) atoms. The van der Waals surface area contributed by atoms with Crippen LogP contribution in [0.3, 0.4) is 0 Å². The van der Waals surface area contributed by atoms with Crippen LogP contribution in [-0.4, -0.2) is 36.9 Å². The first-order chi connectivity index (χ1) is 8.99. The number of benzene rings is 1. The van der Waals surface area contributed by atoms with E-state index >= 15 is 0 Å². The second-order valence-corrected chi connectivity index (χ2v) is 5.54. The lowest BCUT2D eigenvalue weighted by Gasteiger charge is -2.30. The Hall–Kier alpha value is -1.30. The van der Waals surface area contributed by atoms with Crippen LogP contribution in [0.5, 0.6) is 0 Å². The van der Waals surface area contributed by atoms with Crippen molar-refractivity contribution in [3.05, 3.63) is 28.3 Å². The van der Waals surface area contributed by atoms with Gasteiger partial charge in [0, 0.05) is 20.0 Å². The molecule has 1 heterocycles. The number of rotatable bonds is 1. The average molecular weight is 282 g/mol. The summed E-state index contributed by atoms with van der Waals surface area (Å²) in [5.41, 5.74) is 7.83. The highest BCUT2D eigenvalue weighted by atomic mass is 35.5. The Labute approximate surface area is 116 Å². The number of nitrogens with zero attached hydrogens (tertiary/aromatic N) is 1. The lowest BCUT2D eigenvalue weighted by atomic mass is 9.95. The van der Waals surface area contributed by atoms with Crippen molar-refractivity contribution in [3.63, 3.8) is 0 Å². The Bertz CT molecular complexity index is 563. The normalized spacial score (nSPS) is 29.8. The van der Waals surface area contributed by atoms with Crippen molar-refractivity contribution < 1.29 is 9.53 Å². The van der Waals surface area contributed by atoms with Gasteiger partial charge in [0.1, 0.15) is 5.54 Å². The van der Waals surface area contributed by atoms with Crippen LogP contribution in [-0.2, 0) is 22.4 Å². The maximum atomic E-state index is 12.3. The minimum absolute atomic E-state index is 0.0207. The molecule has 0 bridgehead atoms. The van der Waals surface area contributed by atoms with Gasteiger partial charge in [-0.2, -0.15) is 0 Å². The smallest absolute Gasteiger partial charge is 0.244 e. The molecule has 1 saturated heterocycles. The molecule has 1 aromatic rings. The lowest BCUT2D eigenvalue weighted by molar-refractivity contribution is -0.125. The summed E-state index contributed by atoms with van der Waals surface area (Å²) in [5.74, 6) is -0.0207. The number of halogens is 1. The molecule has 102 valence electrons. The number of methoxy groups -OCH3 is 1. The Morgan fingerprint density at radius 1 is 1.53 bits per heavy atom. The molecular weight excluding hydrogens is 266 g/mol. The highest BCUT2D eigenvalue weighted by Crippen LogP contribution is 2.42. The number of likely N-dealkylation sites (N-methyl/N-ethyl adjacent to an activating group) is 1. The summed E-state index contributed by atoms with van der Waals surface area (Å²) in [5, 5.41) is 3.41. The van der Waals surface area contributed by atoms with Crippen molar-refractivity contribution in [2.24, 2.45) is 0 Å². The summed E-state index contributed by atoms with van der Waals surface area (Å²) < 4.78 is 5.27. The van der Waals surface area contributed by atoms with Crippen LogP contribution in [0.4, 0.5) is 5.69 Å². The molecule has 5 nitrogen and oxygen atoms in total. The van der Waals surface area contributed by atoms with Crippen molar-refractivity contribution in [1.29, 1.82) is 0 Å². The van der Waals surface area contributed by atoms with Crippen molar-refractivity contribution in [2.75, 3.05) is 19.9 Å². The fraction of sp³-hybridized carbons (Fsp3) is 0.462. The molecule has 1 aromatic carbocycles. The minimum Gasteiger partial charge on any atom is -0.398 e. The van der Waals surface area contributed by atoms with Crippen LogP contribution in [0, 0.1) is 0 Å². The summed E-state index contributed by atoms with van der Waals surface area (Å²) >= 11 is 6.26. The Kier molecular flexibility index (Phi) is 2.74. The quantitative estimate of drug-likeness (QED) is 0.746. The molecule has 1 unspecified atom stereocenters. The van der Waals surface area contributed by atoms with E-state index in [2.05, 4.69) is 5.32 Å². The molecule has 3 rings (SSSR count). The summed E-state index contributed by atoms with van der Waals surface area (Å²) in [6.45, 7) is 0. The number of nitrogens with one attached hydrogen (secondary N) is 1. The largest absolute Gasteiger partial charge is 0.398 e. The molecule has 2 aliphatic rings. The predicted octanol–water partition coefficient (Wildman–Crippen LogP) is 0.751. The molecule has 2 atom stereocenters. The van der Waals surface area contributed by atoms with Crippen LogP contribution in [0.25, 0.3) is 0 Å². The SMILES string of the molecule is COC1NC(=O)[C@]2(Cc3ccc(N)c(Cl)c3C2)N1C. The molecule has 0 radical (unpaired) electrons. The number of amides is 1. The van der Waals surface area contributed by atoms with Crippen LogP contribution in [0.2, 0.25) is 5.02 Å². The zero-order valence-corrected chi connectivity index (χ0v) is 11.6. The van der Waals surface area contributed by atoms with Crippen molar-refractivity contribution in [3.8, 4) is 0 Å². The first kappa shape index (κ1) is 12.7. The molecular formula is C13H16ClN3O2. The summed E-state index contributed by atoms with van der Waals surface area (Å²) in [6.07, 6.45) is 0.803. The van der Waals surface area contributed by atoms with Gasteiger partial charge >= 0.3 is 0 Å². The van der Waals surface area contributed by atoms with Gasteiger partial charge in [-0.15, -0.1) is 0 Å². The number of ether oxygens (including phenoxy) is 1. The van der Waals surface area contributed by atoms with E-state index in [0.717, 1.165) is 11.1 Å². The fourth-order valence-corrected chi connectivity index (χ4v) is 3.31. The van der Waals surface area contributed by atoms with Crippen molar-refractivity contribution in [2.45, 2.75) is 24.7 Å². The number of hydrogen-bond donors (Lipinski definition) is 2. The molecule has 0 saturated carbocycles. The molecule has 1 fully saturated rings. The van der Waals surface area contributed by atoms with Crippen LogP contribution >= 0.6 is 11.6 Å². The van der Waals surface area contributed by atoms with Gasteiger partial charge in [0.15, 0.2) is 6.35 Å². The Balaban J connectivity index is 2.03. The van der Waals surface area contributed by atoms with E-state index in [1.165, 1.54) is 0 Å². The van der Waals surface area contributed by atoms with Gasteiger partial charge in [-0.05, 0) is 24.2 Å². The second-order valence-electron chi connectivity index (χ2n) is 5.16. The van der Waals surface area contributed by atoms with Gasteiger partial charge in [0.2, 0.25) is 5.91 Å². The Morgan fingerprint density at radius 2 is 2.26 bits per heavy atom. The molecule has 1 aliphatic heterocycles. The third kappa shape index (κ3) is 1.59. The van der Waals surface area contributed by atoms with E-state index in [1.54, 1.807) is 13.2 Å². The van der Waals surface area contributed by atoms with Crippen molar-refractivity contribution >= 4 is 23.2 Å². The number of carbonyl (C=O) groups excluding carboxylic acids is 1. The zero-order valence-electron chi connectivity index (χ0n) is 10.9. The maximum Gasteiger partial charge on any atom is 0.244 e. The van der Waals surface area contributed by atoms with Gasteiger partial charge in [-0.3, -0.25) is 4.79 Å². The Morgan fingerprint density at radius 3 is 2.89 bits per heavy atom. The second kappa shape index (κ2) is 4.10. The van der Waals surface area contributed by atoms with Crippen molar-refractivity contribution in [1.82, 2.24) is 10.2 Å². The van der Waals surface area contributed by atoms with E-state index in [0.29, 0.717) is 23.6 Å². The highest BCUT2D eigenvalue weighted by molar-refractivity contribution is 6.34. The van der Waals surface area contributed by atoms with Gasteiger partial charge in [-0.25, -0.2) is 4.90 Å². The molecule has 1 aliphatic carbocycles. The van der Waals surface area contributed by atoms with E-state index in [1.807, 2.05) is 18.0 Å². The van der Waals surface area contributed by atoms with Gasteiger partial charge < -0.3 is 15.8 Å². The fourth-order valence-electron chi connectivity index (χ4n) is 3.06. The summed E-state index contributed by atoms with van der Waals surface area (Å²) in [6, 6.07) is 3.74. The van der Waals surface area contributed by atoms with E-state index in [9.17, 15) is 4.79 Å². The average Bonchev–Trinajstić information content (AvgIpc) is 2.90. The number of nitrogens with two attached hydrogens (primary N) is 1. The van der Waals surface area contributed by atoms with E-state index in [-0.39, 0.29) is 5.91 Å². The molecule has 0 aromatic heterocycles. The highest BCUT2D eigenvalue weighted by Gasteiger charge is 2.55. The third-order valence-electron chi connectivity index (χ3n) is 4.25. The van der Waals surface area contributed by atoms with Gasteiger partial charge in [0.05, 0.1) is 10.7 Å². The number of fused-ring (bicyclic) bond motifs is 1. The number of carbonyl (C=O) groups is 1. The van der Waals surface area contributed by atoms with Crippen LogP contribution < -0.4 is 11.1 Å². The minimum atomic E-state index is -0.611. The van der Waals surface area contributed by atoms with Crippen LogP contribution in [0.15, 0.2) is 12.1 Å². The predicted molar refractivity (Wildman–Crippen MR) is 72.7 cm³/mol. The zero-order chi connectivity index (χ0) is 13.8. The number of anilines is 1. The first-order valence-electron chi connectivity index (χ1n) is 6.12. The summed E-state index contributed by atoms with van der Waals surface area (Å²) in [4.78, 5) is 14.3. The number of hydrogen-bond acceptors (Lipinski definition) is 4. The van der Waals surface area contributed by atoms with E-state index < -0.39 is 11.9 Å². The van der Waals surface area contributed by atoms with Gasteiger partial charge in [0.25, 0.3) is 0 Å². The maximum absolute atomic E-state index is 12.3. The van der Waals surface area contributed by atoms with E-state index in [4.69, 9.17) is 22.1 Å². The summed E-state index contributed by atoms with van der Waals surface area (Å²) in [7, 11) is 3.46. The van der Waals surface area contributed by atoms with Gasteiger partial charge in [-0.1, -0.05) is 17.7 Å². The monoisotopic (exact) mass is 281 g/mol. The lowest BCUT2D eigenvalue weighted by Crippen LogP contribution is -2.49. The molecule has 3 N–H and O–H groups in total.